The molecular formula is C13H21N3O3S. The van der Waals surface area contributed by atoms with Crippen LogP contribution in [-0.2, 0) is 0 Å². The third-order valence-electron chi connectivity index (χ3n) is 3.52. The van der Waals surface area contributed by atoms with Crippen molar-refractivity contribution in [1.29, 1.82) is 0 Å². The molecule has 0 bridgehead atoms. The molecule has 1 atom stereocenters. The maximum Gasteiger partial charge on any atom is 0.304 e. The van der Waals surface area contributed by atoms with E-state index in [1.807, 2.05) is 0 Å². The number of aliphatic hydroxyl groups excluding tert-OH is 1. The minimum atomic E-state index is -0.658. The number of piperazine rings is 1. The van der Waals surface area contributed by atoms with Gasteiger partial charge in [-0.25, -0.2) is 0 Å². The van der Waals surface area contributed by atoms with Gasteiger partial charge in [-0.05, 0) is 19.9 Å². The van der Waals surface area contributed by atoms with Crippen LogP contribution in [0.4, 0.5) is 10.7 Å². The average molecular weight is 299 g/mol. The molecule has 6 nitrogen and oxygen atoms in total. The number of hydrogen-bond donors (Lipinski definition) is 1. The van der Waals surface area contributed by atoms with Crippen LogP contribution >= 0.6 is 11.3 Å². The molecule has 2 rings (SSSR count). The van der Waals surface area contributed by atoms with Crippen LogP contribution in [0.25, 0.3) is 0 Å². The summed E-state index contributed by atoms with van der Waals surface area (Å²) in [6, 6.07) is 1.50. The van der Waals surface area contributed by atoms with Crippen LogP contribution in [0.5, 0.6) is 0 Å². The zero-order chi connectivity index (χ0) is 14.7. The van der Waals surface area contributed by atoms with Crippen LogP contribution in [-0.4, -0.2) is 47.7 Å². The van der Waals surface area contributed by atoms with E-state index in [0.717, 1.165) is 39.1 Å². The maximum atomic E-state index is 11.2. The smallest absolute Gasteiger partial charge is 0.304 e. The molecule has 20 heavy (non-hydrogen) atoms. The predicted molar refractivity (Wildman–Crippen MR) is 80.6 cm³/mol. The summed E-state index contributed by atoms with van der Waals surface area (Å²) in [5.74, 6) is 0. The third-order valence-corrected chi connectivity index (χ3v) is 4.88. The molecule has 0 radical (unpaired) electrons. The molecule has 2 heterocycles. The number of rotatable bonds is 5. The fourth-order valence-electron chi connectivity index (χ4n) is 2.44. The van der Waals surface area contributed by atoms with E-state index in [4.69, 9.17) is 0 Å². The molecule has 1 fully saturated rings. The van der Waals surface area contributed by atoms with Crippen molar-refractivity contribution in [3.63, 3.8) is 0 Å². The van der Waals surface area contributed by atoms with Crippen LogP contribution in [0.2, 0.25) is 0 Å². The molecule has 1 aliphatic rings. The first-order valence-corrected chi connectivity index (χ1v) is 7.78. The standard InChI is InChI=1S/C13H21N3O3S/c1-3-4-14-5-7-15(8-6-14)13-11(16(18)19)9-12(20-13)10(2)17/h9-10,17H,3-8H2,1-2H3/t10-/m1/s1. The third kappa shape index (κ3) is 3.28. The first-order valence-electron chi connectivity index (χ1n) is 6.96. The number of thiophene rings is 1. The molecule has 7 heteroatoms. The quantitative estimate of drug-likeness (QED) is 0.667. The summed E-state index contributed by atoms with van der Waals surface area (Å²) in [4.78, 5) is 15.9. The van der Waals surface area contributed by atoms with Crippen molar-refractivity contribution in [1.82, 2.24) is 4.90 Å². The number of hydrogen-bond acceptors (Lipinski definition) is 6. The van der Waals surface area contributed by atoms with E-state index in [9.17, 15) is 15.2 Å². The lowest BCUT2D eigenvalue weighted by Gasteiger charge is -2.34. The van der Waals surface area contributed by atoms with Crippen molar-refractivity contribution in [2.75, 3.05) is 37.6 Å². The van der Waals surface area contributed by atoms with Crippen LogP contribution in [0.15, 0.2) is 6.07 Å². The van der Waals surface area contributed by atoms with Gasteiger partial charge in [0.25, 0.3) is 0 Å². The van der Waals surface area contributed by atoms with Gasteiger partial charge in [-0.1, -0.05) is 6.92 Å². The summed E-state index contributed by atoms with van der Waals surface area (Å²) in [5.41, 5.74) is 0.120. The number of aliphatic hydroxyl groups is 1. The summed E-state index contributed by atoms with van der Waals surface area (Å²) < 4.78 is 0. The minimum absolute atomic E-state index is 0.120. The molecule has 0 amide bonds. The number of anilines is 1. The van der Waals surface area contributed by atoms with E-state index in [2.05, 4.69) is 16.7 Å². The van der Waals surface area contributed by atoms with E-state index in [0.29, 0.717) is 9.88 Å². The normalized spacial score (nSPS) is 18.2. The maximum absolute atomic E-state index is 11.2. The molecule has 0 saturated carbocycles. The molecule has 1 aliphatic heterocycles. The Morgan fingerprint density at radius 1 is 1.45 bits per heavy atom. The molecule has 0 aliphatic carbocycles. The van der Waals surface area contributed by atoms with Gasteiger partial charge < -0.3 is 10.0 Å². The van der Waals surface area contributed by atoms with E-state index in [-0.39, 0.29) is 10.6 Å². The summed E-state index contributed by atoms with van der Waals surface area (Å²) in [7, 11) is 0. The van der Waals surface area contributed by atoms with Crippen molar-refractivity contribution < 1.29 is 10.0 Å². The Morgan fingerprint density at radius 3 is 2.60 bits per heavy atom. The monoisotopic (exact) mass is 299 g/mol. The highest BCUT2D eigenvalue weighted by Gasteiger charge is 2.27. The van der Waals surface area contributed by atoms with Crippen molar-refractivity contribution >= 4 is 22.0 Å². The van der Waals surface area contributed by atoms with Crippen LogP contribution in [0, 0.1) is 10.1 Å². The highest BCUT2D eigenvalue weighted by Crippen LogP contribution is 2.40. The SMILES string of the molecule is CCCN1CCN(c2sc([C@@H](C)O)cc2[N+](=O)[O-])CC1. The van der Waals surface area contributed by atoms with Crippen LogP contribution < -0.4 is 4.90 Å². The summed E-state index contributed by atoms with van der Waals surface area (Å²) >= 11 is 1.33. The van der Waals surface area contributed by atoms with E-state index >= 15 is 0 Å². The van der Waals surface area contributed by atoms with E-state index in [1.165, 1.54) is 17.4 Å². The van der Waals surface area contributed by atoms with Crippen molar-refractivity contribution in [2.45, 2.75) is 26.4 Å². The fraction of sp³-hybridized carbons (Fsp3) is 0.692. The Hall–Kier alpha value is -1.18. The highest BCUT2D eigenvalue weighted by molar-refractivity contribution is 7.16. The van der Waals surface area contributed by atoms with Gasteiger partial charge in [-0.2, -0.15) is 0 Å². The zero-order valence-electron chi connectivity index (χ0n) is 11.9. The van der Waals surface area contributed by atoms with Gasteiger partial charge >= 0.3 is 5.69 Å². The highest BCUT2D eigenvalue weighted by atomic mass is 32.1. The Balaban J connectivity index is 2.14. The summed E-state index contributed by atoms with van der Waals surface area (Å²) in [6.07, 6.45) is 0.472. The van der Waals surface area contributed by atoms with Crippen LogP contribution in [0.3, 0.4) is 0 Å². The summed E-state index contributed by atoms with van der Waals surface area (Å²) in [6.45, 7) is 8.37. The van der Waals surface area contributed by atoms with Crippen molar-refractivity contribution in [3.8, 4) is 0 Å². The van der Waals surface area contributed by atoms with Gasteiger partial charge in [0.15, 0.2) is 5.00 Å². The molecular weight excluding hydrogens is 278 g/mol. The van der Waals surface area contributed by atoms with Gasteiger partial charge in [0.1, 0.15) is 0 Å². The largest absolute Gasteiger partial charge is 0.388 e. The molecule has 1 saturated heterocycles. The second-order valence-electron chi connectivity index (χ2n) is 5.10. The van der Waals surface area contributed by atoms with Crippen molar-refractivity contribution in [2.24, 2.45) is 0 Å². The number of nitro groups is 1. The van der Waals surface area contributed by atoms with E-state index in [1.54, 1.807) is 6.92 Å². The van der Waals surface area contributed by atoms with Gasteiger partial charge in [-0.3, -0.25) is 15.0 Å². The lowest BCUT2D eigenvalue weighted by Crippen LogP contribution is -2.46. The fourth-order valence-corrected chi connectivity index (χ4v) is 3.56. The Labute approximate surface area is 122 Å². The molecule has 0 spiro atoms. The summed E-state index contributed by atoms with van der Waals surface area (Å²) in [5, 5.41) is 21.5. The van der Waals surface area contributed by atoms with E-state index < -0.39 is 6.10 Å². The van der Waals surface area contributed by atoms with Crippen molar-refractivity contribution in [3.05, 3.63) is 21.1 Å². The zero-order valence-corrected chi connectivity index (χ0v) is 12.7. The topological polar surface area (TPSA) is 69.8 Å². The molecule has 1 aromatic rings. The van der Waals surface area contributed by atoms with Crippen LogP contribution in [0.1, 0.15) is 31.2 Å². The second-order valence-corrected chi connectivity index (χ2v) is 6.16. The minimum Gasteiger partial charge on any atom is -0.388 e. The Bertz CT molecular complexity index is 467. The Morgan fingerprint density at radius 2 is 2.10 bits per heavy atom. The Kier molecular flexibility index (Phi) is 4.95. The molecule has 0 unspecified atom stereocenters. The predicted octanol–water partition coefficient (Wildman–Crippen LogP) is 2.24. The lowest BCUT2D eigenvalue weighted by molar-refractivity contribution is -0.383. The average Bonchev–Trinajstić information content (AvgIpc) is 2.85. The first kappa shape index (κ1) is 15.2. The molecule has 1 N–H and O–H groups in total. The van der Waals surface area contributed by atoms with Gasteiger partial charge in [0.2, 0.25) is 0 Å². The second kappa shape index (κ2) is 6.51. The van der Waals surface area contributed by atoms with Gasteiger partial charge in [-0.15, -0.1) is 11.3 Å². The molecule has 1 aromatic heterocycles. The lowest BCUT2D eigenvalue weighted by atomic mass is 10.3. The first-order chi connectivity index (χ1) is 9.52. The number of nitrogens with zero attached hydrogens (tertiary/aromatic N) is 3. The molecule has 112 valence electrons. The van der Waals surface area contributed by atoms with Gasteiger partial charge in [0.05, 0.1) is 11.0 Å². The van der Waals surface area contributed by atoms with Gasteiger partial charge in [0, 0.05) is 37.1 Å². The molecule has 0 aromatic carbocycles.